The molecule has 138 valence electrons. The third kappa shape index (κ3) is 9.11. The molecule has 1 aromatic carbocycles. The molecule has 0 aliphatic heterocycles. The molecule has 1 nitrogen and oxygen atoms in total. The molecule has 0 bridgehead atoms. The maximum atomic E-state index is 6.38. The minimum absolute atomic E-state index is 0. The minimum Gasteiger partial charge on any atom is -0.300 e. The van der Waals surface area contributed by atoms with Crippen molar-refractivity contribution >= 4 is 24.0 Å². The first-order valence-corrected chi connectivity index (χ1v) is 9.72. The van der Waals surface area contributed by atoms with Gasteiger partial charge in [-0.15, -0.1) is 12.4 Å². The van der Waals surface area contributed by atoms with Crippen molar-refractivity contribution in [2.24, 2.45) is 0 Å². The summed E-state index contributed by atoms with van der Waals surface area (Å²) in [5.41, 5.74) is 1.34. The number of likely N-dealkylation sites (N-methyl/N-ethyl adjacent to an activating group) is 1. The topological polar surface area (TPSA) is 3.24 Å². The van der Waals surface area contributed by atoms with Crippen LogP contribution in [0.2, 0.25) is 5.02 Å². The summed E-state index contributed by atoms with van der Waals surface area (Å²) < 4.78 is 0. The highest BCUT2D eigenvalue weighted by Gasteiger charge is 2.13. The lowest BCUT2D eigenvalue weighted by Crippen LogP contribution is -2.22. The van der Waals surface area contributed by atoms with Gasteiger partial charge < -0.3 is 4.90 Å². The summed E-state index contributed by atoms with van der Waals surface area (Å²) in [7, 11) is 0. The van der Waals surface area contributed by atoms with Crippen LogP contribution in [0, 0.1) is 0 Å². The van der Waals surface area contributed by atoms with Crippen LogP contribution >= 0.6 is 24.0 Å². The summed E-state index contributed by atoms with van der Waals surface area (Å²) in [6, 6.07) is 8.36. The highest BCUT2D eigenvalue weighted by molar-refractivity contribution is 6.31. The van der Waals surface area contributed by atoms with E-state index in [1.54, 1.807) is 0 Å². The number of rotatable bonds is 12. The monoisotopic (exact) mass is 371 g/mol. The van der Waals surface area contributed by atoms with Crippen LogP contribution in [0.25, 0.3) is 0 Å². The van der Waals surface area contributed by atoms with E-state index in [0.29, 0.717) is 5.92 Å². The zero-order chi connectivity index (χ0) is 16.9. The van der Waals surface area contributed by atoms with Gasteiger partial charge in [-0.3, -0.25) is 0 Å². The highest BCUT2D eigenvalue weighted by atomic mass is 35.5. The zero-order valence-electron chi connectivity index (χ0n) is 15.6. The van der Waals surface area contributed by atoms with Crippen molar-refractivity contribution in [2.75, 3.05) is 19.6 Å². The van der Waals surface area contributed by atoms with Crippen LogP contribution in [0.5, 0.6) is 0 Å². The molecule has 0 N–H and O–H groups in total. The van der Waals surface area contributed by atoms with Crippen molar-refractivity contribution in [3.8, 4) is 0 Å². The molecule has 0 amide bonds. The van der Waals surface area contributed by atoms with Crippen LogP contribution in [-0.4, -0.2) is 24.5 Å². The van der Waals surface area contributed by atoms with Crippen LogP contribution in [0.1, 0.15) is 70.8 Å². The van der Waals surface area contributed by atoms with Crippen LogP contribution in [0.4, 0.5) is 0 Å². The molecule has 0 fully saturated rings. The van der Waals surface area contributed by atoms with Crippen molar-refractivity contribution in [1.82, 2.24) is 4.90 Å². The van der Waals surface area contributed by atoms with Gasteiger partial charge in [-0.1, -0.05) is 75.6 Å². The maximum absolute atomic E-state index is 6.38. The quantitative estimate of drug-likeness (QED) is 0.279. The van der Waals surface area contributed by atoms with Gasteiger partial charge in [0.15, 0.2) is 0 Å². The summed E-state index contributed by atoms with van der Waals surface area (Å²) >= 11 is 6.38. The Morgan fingerprint density at radius 2 is 1.71 bits per heavy atom. The molecule has 1 atom stereocenters. The summed E-state index contributed by atoms with van der Waals surface area (Å²) in [4.78, 5) is 2.44. The van der Waals surface area contributed by atoms with Crippen molar-refractivity contribution in [3.63, 3.8) is 0 Å². The molecule has 0 aliphatic rings. The van der Waals surface area contributed by atoms with Gasteiger partial charge >= 0.3 is 0 Å². The molecule has 24 heavy (non-hydrogen) atoms. The van der Waals surface area contributed by atoms with Gasteiger partial charge in [0.2, 0.25) is 0 Å². The maximum Gasteiger partial charge on any atom is 0.0440 e. The molecular weight excluding hydrogens is 337 g/mol. The number of allylic oxidation sites excluding steroid dienone is 1. The second-order valence-corrected chi connectivity index (χ2v) is 6.66. The molecule has 1 rings (SSSR count). The van der Waals surface area contributed by atoms with Gasteiger partial charge in [-0.05, 0) is 56.3 Å². The predicted octanol–water partition coefficient (Wildman–Crippen LogP) is 7.10. The Balaban J connectivity index is 0.00000529. The fraction of sp³-hybridized carbons (Fsp3) is 0.619. The third-order valence-electron chi connectivity index (χ3n) is 4.58. The normalized spacial score (nSPS) is 12.5. The zero-order valence-corrected chi connectivity index (χ0v) is 17.2. The van der Waals surface area contributed by atoms with E-state index in [0.717, 1.165) is 24.7 Å². The first-order valence-electron chi connectivity index (χ1n) is 9.34. The Kier molecular flexibility index (Phi) is 14.5. The second kappa shape index (κ2) is 14.8. The molecule has 0 radical (unpaired) electrons. The number of hydrogen-bond acceptors (Lipinski definition) is 1. The lowest BCUT2D eigenvalue weighted by Gasteiger charge is -2.18. The number of hydrogen-bond donors (Lipinski definition) is 0. The summed E-state index contributed by atoms with van der Waals surface area (Å²) in [6.45, 7) is 10.1. The van der Waals surface area contributed by atoms with E-state index >= 15 is 0 Å². The number of unbranched alkanes of at least 4 members (excludes halogenated alkanes) is 2. The SMILES string of the molecule is CCCC(CCCCC=CCN(CC)CC)c1ccccc1Cl.Cl. The Hall–Kier alpha value is -0.500. The van der Waals surface area contributed by atoms with E-state index in [1.807, 2.05) is 12.1 Å². The van der Waals surface area contributed by atoms with Gasteiger partial charge in [0.25, 0.3) is 0 Å². The summed E-state index contributed by atoms with van der Waals surface area (Å²) in [6.07, 6.45) is 12.1. The van der Waals surface area contributed by atoms with Crippen LogP contribution < -0.4 is 0 Å². The third-order valence-corrected chi connectivity index (χ3v) is 4.92. The molecule has 0 saturated heterocycles. The molecular formula is C21H35Cl2N. The minimum atomic E-state index is 0. The molecule has 1 unspecified atom stereocenters. The average Bonchev–Trinajstić information content (AvgIpc) is 2.57. The molecule has 0 aliphatic carbocycles. The fourth-order valence-corrected chi connectivity index (χ4v) is 3.38. The van der Waals surface area contributed by atoms with Crippen molar-refractivity contribution < 1.29 is 0 Å². The lowest BCUT2D eigenvalue weighted by atomic mass is 9.89. The van der Waals surface area contributed by atoms with Gasteiger partial charge in [-0.2, -0.15) is 0 Å². The van der Waals surface area contributed by atoms with Gasteiger partial charge in [0, 0.05) is 11.6 Å². The van der Waals surface area contributed by atoms with E-state index in [2.05, 4.69) is 50.0 Å². The van der Waals surface area contributed by atoms with Crippen molar-refractivity contribution in [1.29, 1.82) is 0 Å². The first kappa shape index (κ1) is 23.5. The Labute approximate surface area is 160 Å². The Morgan fingerprint density at radius 1 is 1.00 bits per heavy atom. The molecule has 3 heteroatoms. The first-order chi connectivity index (χ1) is 11.2. The molecule has 0 saturated carbocycles. The lowest BCUT2D eigenvalue weighted by molar-refractivity contribution is 0.337. The Bertz CT molecular complexity index is 441. The van der Waals surface area contributed by atoms with Crippen molar-refractivity contribution in [3.05, 3.63) is 47.0 Å². The smallest absolute Gasteiger partial charge is 0.0440 e. The molecule has 0 heterocycles. The highest BCUT2D eigenvalue weighted by Crippen LogP contribution is 2.32. The van der Waals surface area contributed by atoms with Crippen LogP contribution in [-0.2, 0) is 0 Å². The second-order valence-electron chi connectivity index (χ2n) is 6.25. The number of benzene rings is 1. The van der Waals surface area contributed by atoms with E-state index < -0.39 is 0 Å². The average molecular weight is 372 g/mol. The standard InChI is InChI=1S/C21H34ClN.ClH/c1-4-14-19(20-16-11-12-17-21(20)22)15-10-8-7-9-13-18-23(5-2)6-3;/h9,11-13,16-17,19H,4-8,10,14-15,18H2,1-3H3;1H. The van der Waals surface area contributed by atoms with E-state index in [-0.39, 0.29) is 12.4 Å². The van der Waals surface area contributed by atoms with E-state index in [9.17, 15) is 0 Å². The van der Waals surface area contributed by atoms with Gasteiger partial charge in [-0.25, -0.2) is 0 Å². The van der Waals surface area contributed by atoms with Crippen LogP contribution in [0.15, 0.2) is 36.4 Å². The van der Waals surface area contributed by atoms with Gasteiger partial charge in [0.1, 0.15) is 0 Å². The Morgan fingerprint density at radius 3 is 2.33 bits per heavy atom. The number of nitrogens with zero attached hydrogens (tertiary/aromatic N) is 1. The molecule has 0 spiro atoms. The van der Waals surface area contributed by atoms with E-state index in [4.69, 9.17) is 11.6 Å². The summed E-state index contributed by atoms with van der Waals surface area (Å²) in [5.74, 6) is 0.619. The van der Waals surface area contributed by atoms with Crippen LogP contribution in [0.3, 0.4) is 0 Å². The molecule has 0 aromatic heterocycles. The van der Waals surface area contributed by atoms with Crippen molar-refractivity contribution in [2.45, 2.75) is 65.2 Å². The largest absolute Gasteiger partial charge is 0.300 e. The van der Waals surface area contributed by atoms with E-state index in [1.165, 1.54) is 44.1 Å². The summed E-state index contributed by atoms with van der Waals surface area (Å²) in [5, 5.41) is 0.935. The number of halogens is 2. The fourth-order valence-electron chi connectivity index (χ4n) is 3.09. The van der Waals surface area contributed by atoms with Gasteiger partial charge in [0.05, 0.1) is 0 Å². The predicted molar refractivity (Wildman–Crippen MR) is 112 cm³/mol. The molecule has 1 aromatic rings.